The van der Waals surface area contributed by atoms with E-state index in [1.54, 1.807) is 0 Å². The average Bonchev–Trinajstić information content (AvgIpc) is 2.73. The van der Waals surface area contributed by atoms with Crippen molar-refractivity contribution in [1.29, 1.82) is 0 Å². The highest BCUT2D eigenvalue weighted by atomic mass is 32.1. The third-order valence-electron chi connectivity index (χ3n) is 2.14. The third-order valence-corrected chi connectivity index (χ3v) is 3.08. The Bertz CT molecular complexity index is 499. The van der Waals surface area contributed by atoms with Crippen LogP contribution in [0.2, 0.25) is 0 Å². The van der Waals surface area contributed by atoms with E-state index in [1.165, 1.54) is 11.3 Å². The number of nitrogens with zero attached hydrogens (tertiary/aromatic N) is 1. The van der Waals surface area contributed by atoms with E-state index < -0.39 is 17.5 Å². The molecule has 1 aromatic carbocycles. The van der Waals surface area contributed by atoms with Crippen LogP contribution in [0, 0.1) is 17.5 Å². The summed E-state index contributed by atoms with van der Waals surface area (Å²) in [6.07, 6.45) is 0.753. The first-order valence-electron chi connectivity index (χ1n) is 4.71. The van der Waals surface area contributed by atoms with Crippen LogP contribution in [0.25, 0.3) is 10.6 Å². The molecule has 0 amide bonds. The standard InChI is InChI=1S/C11H8F3NS/c1-2-7-5-16-11(15-7)6-3-8(12)10(14)9(13)4-6/h3-5H,2H2,1H3. The molecule has 0 atom stereocenters. The minimum absolute atomic E-state index is 0.265. The highest BCUT2D eigenvalue weighted by Gasteiger charge is 2.13. The number of hydrogen-bond acceptors (Lipinski definition) is 2. The van der Waals surface area contributed by atoms with Crippen molar-refractivity contribution < 1.29 is 13.2 Å². The lowest BCUT2D eigenvalue weighted by Crippen LogP contribution is -1.91. The highest BCUT2D eigenvalue weighted by molar-refractivity contribution is 7.13. The summed E-state index contributed by atoms with van der Waals surface area (Å²) in [6, 6.07) is 1.91. The minimum atomic E-state index is -1.45. The van der Waals surface area contributed by atoms with E-state index in [-0.39, 0.29) is 5.56 Å². The summed E-state index contributed by atoms with van der Waals surface area (Å²) in [6.45, 7) is 1.94. The van der Waals surface area contributed by atoms with Crippen molar-refractivity contribution in [2.75, 3.05) is 0 Å². The van der Waals surface area contributed by atoms with Gasteiger partial charge in [0.15, 0.2) is 17.5 Å². The molecule has 0 spiro atoms. The molecule has 0 saturated carbocycles. The maximum Gasteiger partial charge on any atom is 0.194 e. The van der Waals surface area contributed by atoms with Gasteiger partial charge in [-0.15, -0.1) is 11.3 Å². The van der Waals surface area contributed by atoms with Gasteiger partial charge < -0.3 is 0 Å². The second-order valence-corrected chi connectivity index (χ2v) is 4.11. The summed E-state index contributed by atoms with van der Waals surface area (Å²) in [5.41, 5.74) is 1.12. The molecule has 0 fully saturated rings. The third kappa shape index (κ3) is 1.95. The number of benzene rings is 1. The van der Waals surface area contributed by atoms with Gasteiger partial charge in [0.25, 0.3) is 0 Å². The maximum absolute atomic E-state index is 13.0. The van der Waals surface area contributed by atoms with Gasteiger partial charge in [0, 0.05) is 10.9 Å². The van der Waals surface area contributed by atoms with E-state index >= 15 is 0 Å². The van der Waals surface area contributed by atoms with Crippen LogP contribution in [-0.2, 0) is 6.42 Å². The Hall–Kier alpha value is -1.36. The van der Waals surface area contributed by atoms with Crippen LogP contribution in [0.1, 0.15) is 12.6 Å². The molecule has 0 bridgehead atoms. The molecular weight excluding hydrogens is 235 g/mol. The molecule has 1 heterocycles. The second-order valence-electron chi connectivity index (χ2n) is 3.25. The van der Waals surface area contributed by atoms with Crippen LogP contribution in [0.5, 0.6) is 0 Å². The summed E-state index contributed by atoms with van der Waals surface area (Å²) in [4.78, 5) is 4.17. The number of hydrogen-bond donors (Lipinski definition) is 0. The Balaban J connectivity index is 2.48. The lowest BCUT2D eigenvalue weighted by atomic mass is 10.2. The van der Waals surface area contributed by atoms with Crippen LogP contribution in [-0.4, -0.2) is 4.98 Å². The number of aryl methyl sites for hydroxylation is 1. The van der Waals surface area contributed by atoms with Gasteiger partial charge in [-0.1, -0.05) is 6.92 Å². The Kier molecular flexibility index (Phi) is 2.96. The van der Waals surface area contributed by atoms with Crippen LogP contribution in [0.4, 0.5) is 13.2 Å². The van der Waals surface area contributed by atoms with Gasteiger partial charge >= 0.3 is 0 Å². The Morgan fingerprint density at radius 2 is 1.81 bits per heavy atom. The largest absolute Gasteiger partial charge is 0.241 e. The van der Waals surface area contributed by atoms with Crippen LogP contribution >= 0.6 is 11.3 Å². The number of halogens is 3. The molecule has 2 rings (SSSR count). The first kappa shape index (κ1) is 11.1. The smallest absolute Gasteiger partial charge is 0.194 e. The number of thiazole rings is 1. The van der Waals surface area contributed by atoms with E-state index in [4.69, 9.17) is 0 Å². The van der Waals surface area contributed by atoms with Gasteiger partial charge in [-0.05, 0) is 18.6 Å². The van der Waals surface area contributed by atoms with Crippen LogP contribution < -0.4 is 0 Å². The van der Waals surface area contributed by atoms with Gasteiger partial charge in [0.05, 0.1) is 5.69 Å². The Morgan fingerprint density at radius 3 is 2.31 bits per heavy atom. The van der Waals surface area contributed by atoms with E-state index in [2.05, 4.69) is 4.98 Å². The van der Waals surface area contributed by atoms with Crippen molar-refractivity contribution in [3.8, 4) is 10.6 Å². The topological polar surface area (TPSA) is 12.9 Å². The summed E-state index contributed by atoms with van der Waals surface area (Å²) in [5.74, 6) is -3.83. The molecule has 0 radical (unpaired) electrons. The SMILES string of the molecule is CCc1csc(-c2cc(F)c(F)c(F)c2)n1. The molecular formula is C11H8F3NS. The molecule has 0 aliphatic rings. The monoisotopic (exact) mass is 243 g/mol. The first-order valence-corrected chi connectivity index (χ1v) is 5.59. The molecule has 5 heteroatoms. The fourth-order valence-electron chi connectivity index (χ4n) is 1.28. The van der Waals surface area contributed by atoms with Gasteiger partial charge in [0.1, 0.15) is 5.01 Å². The first-order chi connectivity index (χ1) is 7.61. The van der Waals surface area contributed by atoms with Gasteiger partial charge in [-0.2, -0.15) is 0 Å². The van der Waals surface area contributed by atoms with Gasteiger partial charge in [-0.3, -0.25) is 0 Å². The predicted octanol–water partition coefficient (Wildman–Crippen LogP) is 3.79. The highest BCUT2D eigenvalue weighted by Crippen LogP contribution is 2.26. The minimum Gasteiger partial charge on any atom is -0.241 e. The lowest BCUT2D eigenvalue weighted by molar-refractivity contribution is 0.447. The molecule has 0 aliphatic heterocycles. The molecule has 0 saturated heterocycles. The van der Waals surface area contributed by atoms with Crippen LogP contribution in [0.3, 0.4) is 0 Å². The Morgan fingerprint density at radius 1 is 1.19 bits per heavy atom. The predicted molar refractivity (Wildman–Crippen MR) is 56.8 cm³/mol. The zero-order valence-corrected chi connectivity index (χ0v) is 9.25. The maximum atomic E-state index is 13.0. The molecule has 16 heavy (non-hydrogen) atoms. The summed E-state index contributed by atoms with van der Waals surface area (Å²) in [5, 5.41) is 2.31. The number of aromatic nitrogens is 1. The Labute approximate surface area is 94.6 Å². The molecule has 2 aromatic rings. The zero-order chi connectivity index (χ0) is 11.7. The van der Waals surface area contributed by atoms with E-state index in [1.807, 2.05) is 12.3 Å². The normalized spacial score (nSPS) is 10.8. The molecule has 84 valence electrons. The van der Waals surface area contributed by atoms with Crippen LogP contribution in [0.15, 0.2) is 17.5 Å². The molecule has 1 aromatic heterocycles. The number of rotatable bonds is 2. The van der Waals surface area contributed by atoms with Crippen molar-refractivity contribution in [3.05, 3.63) is 40.7 Å². The van der Waals surface area contributed by atoms with Crippen molar-refractivity contribution in [1.82, 2.24) is 4.98 Å². The average molecular weight is 243 g/mol. The lowest BCUT2D eigenvalue weighted by Gasteiger charge is -1.99. The van der Waals surface area contributed by atoms with Crippen molar-refractivity contribution in [2.45, 2.75) is 13.3 Å². The van der Waals surface area contributed by atoms with Gasteiger partial charge in [-0.25, -0.2) is 18.2 Å². The fourth-order valence-corrected chi connectivity index (χ4v) is 2.17. The fraction of sp³-hybridized carbons (Fsp3) is 0.182. The van der Waals surface area contributed by atoms with Crippen molar-refractivity contribution in [2.24, 2.45) is 0 Å². The van der Waals surface area contributed by atoms with Crippen molar-refractivity contribution >= 4 is 11.3 Å². The molecule has 0 unspecified atom stereocenters. The van der Waals surface area contributed by atoms with E-state index in [0.717, 1.165) is 24.2 Å². The molecule has 0 N–H and O–H groups in total. The summed E-state index contributed by atoms with van der Waals surface area (Å²) >= 11 is 1.28. The van der Waals surface area contributed by atoms with E-state index in [0.29, 0.717) is 5.01 Å². The molecule has 0 aliphatic carbocycles. The quantitative estimate of drug-likeness (QED) is 0.731. The second kappa shape index (κ2) is 4.25. The van der Waals surface area contributed by atoms with Crippen molar-refractivity contribution in [3.63, 3.8) is 0 Å². The summed E-state index contributed by atoms with van der Waals surface area (Å²) < 4.78 is 38.7. The van der Waals surface area contributed by atoms with Gasteiger partial charge in [0.2, 0.25) is 0 Å². The molecule has 1 nitrogen and oxygen atoms in total. The van der Waals surface area contributed by atoms with E-state index in [9.17, 15) is 13.2 Å². The summed E-state index contributed by atoms with van der Waals surface area (Å²) in [7, 11) is 0. The zero-order valence-electron chi connectivity index (χ0n) is 8.43.